The molecule has 1 atom stereocenters. The number of nitrogens with zero attached hydrogens (tertiary/aromatic N) is 3. The highest BCUT2D eigenvalue weighted by molar-refractivity contribution is 5.29. The molecule has 1 unspecified atom stereocenters. The van der Waals surface area contributed by atoms with E-state index in [2.05, 4.69) is 21.4 Å². The van der Waals surface area contributed by atoms with Gasteiger partial charge in [0.2, 0.25) is 5.95 Å². The number of anilines is 1. The van der Waals surface area contributed by atoms with Crippen LogP contribution in [0, 0.1) is 5.92 Å². The molecule has 1 fully saturated rings. The molecular formula is C11H15N3. The summed E-state index contributed by atoms with van der Waals surface area (Å²) in [6, 6.07) is 1.85. The summed E-state index contributed by atoms with van der Waals surface area (Å²) < 4.78 is 0. The molecule has 0 N–H and O–H groups in total. The first-order chi connectivity index (χ1) is 6.90. The van der Waals surface area contributed by atoms with Crippen LogP contribution in [0.5, 0.6) is 0 Å². The summed E-state index contributed by atoms with van der Waals surface area (Å²) in [4.78, 5) is 10.7. The standard InChI is InChI=1S/C11H15N3/c1-2-10-5-3-8-14(9-10)11-12-6-4-7-13-11/h2,4,6-7,10H,1,3,5,8-9H2. The largest absolute Gasteiger partial charge is 0.340 e. The van der Waals surface area contributed by atoms with Crippen molar-refractivity contribution in [2.24, 2.45) is 5.92 Å². The van der Waals surface area contributed by atoms with Crippen LogP contribution in [0.1, 0.15) is 12.8 Å². The van der Waals surface area contributed by atoms with Gasteiger partial charge in [0.15, 0.2) is 0 Å². The Morgan fingerprint density at radius 1 is 1.43 bits per heavy atom. The van der Waals surface area contributed by atoms with Gasteiger partial charge in [-0.1, -0.05) is 6.08 Å². The van der Waals surface area contributed by atoms with Crippen molar-refractivity contribution >= 4 is 5.95 Å². The maximum Gasteiger partial charge on any atom is 0.225 e. The zero-order valence-electron chi connectivity index (χ0n) is 8.26. The highest BCUT2D eigenvalue weighted by Crippen LogP contribution is 2.19. The van der Waals surface area contributed by atoms with E-state index in [-0.39, 0.29) is 0 Å². The Morgan fingerprint density at radius 2 is 2.21 bits per heavy atom. The number of rotatable bonds is 2. The lowest BCUT2D eigenvalue weighted by atomic mass is 9.99. The lowest BCUT2D eigenvalue weighted by molar-refractivity contribution is 0.480. The summed E-state index contributed by atoms with van der Waals surface area (Å²) in [7, 11) is 0. The highest BCUT2D eigenvalue weighted by Gasteiger charge is 2.18. The number of aromatic nitrogens is 2. The molecule has 0 spiro atoms. The summed E-state index contributed by atoms with van der Waals surface area (Å²) in [5.74, 6) is 1.44. The molecule has 0 aromatic carbocycles. The van der Waals surface area contributed by atoms with Crippen LogP contribution in [0.2, 0.25) is 0 Å². The monoisotopic (exact) mass is 189 g/mol. The maximum atomic E-state index is 4.25. The van der Waals surface area contributed by atoms with E-state index in [1.165, 1.54) is 12.8 Å². The number of hydrogen-bond acceptors (Lipinski definition) is 3. The van der Waals surface area contributed by atoms with Crippen LogP contribution in [0.15, 0.2) is 31.1 Å². The van der Waals surface area contributed by atoms with Crippen molar-refractivity contribution in [3.63, 3.8) is 0 Å². The fourth-order valence-electron chi connectivity index (χ4n) is 1.84. The molecule has 2 heterocycles. The molecule has 0 bridgehead atoms. The normalized spacial score (nSPS) is 22.0. The van der Waals surface area contributed by atoms with Crippen LogP contribution in [0.3, 0.4) is 0 Å². The van der Waals surface area contributed by atoms with E-state index >= 15 is 0 Å². The first-order valence-corrected chi connectivity index (χ1v) is 5.04. The average Bonchev–Trinajstić information content (AvgIpc) is 2.30. The zero-order chi connectivity index (χ0) is 9.80. The Labute approximate surface area is 84.5 Å². The van der Waals surface area contributed by atoms with Crippen LogP contribution in [0.4, 0.5) is 5.95 Å². The minimum atomic E-state index is 0.590. The van der Waals surface area contributed by atoms with E-state index in [0.717, 1.165) is 19.0 Å². The van der Waals surface area contributed by atoms with Crippen LogP contribution in [-0.2, 0) is 0 Å². The van der Waals surface area contributed by atoms with E-state index in [4.69, 9.17) is 0 Å². The molecule has 2 rings (SSSR count). The summed E-state index contributed by atoms with van der Waals surface area (Å²) >= 11 is 0. The Bertz CT molecular complexity index is 297. The van der Waals surface area contributed by atoms with Gasteiger partial charge in [0.05, 0.1) is 0 Å². The molecule has 74 valence electrons. The third kappa shape index (κ3) is 1.92. The van der Waals surface area contributed by atoms with Crippen molar-refractivity contribution in [2.45, 2.75) is 12.8 Å². The summed E-state index contributed by atoms with van der Waals surface area (Å²) in [6.45, 7) is 5.92. The third-order valence-electron chi connectivity index (χ3n) is 2.63. The van der Waals surface area contributed by atoms with Gasteiger partial charge >= 0.3 is 0 Å². The van der Waals surface area contributed by atoms with Gasteiger partial charge in [-0.25, -0.2) is 9.97 Å². The SMILES string of the molecule is C=CC1CCCN(c2ncccn2)C1. The van der Waals surface area contributed by atoms with Gasteiger partial charge in [-0.15, -0.1) is 6.58 Å². The minimum absolute atomic E-state index is 0.590. The van der Waals surface area contributed by atoms with Crippen molar-refractivity contribution in [3.05, 3.63) is 31.1 Å². The quantitative estimate of drug-likeness (QED) is 0.665. The maximum absolute atomic E-state index is 4.25. The summed E-state index contributed by atoms with van der Waals surface area (Å²) in [5.41, 5.74) is 0. The fraction of sp³-hybridized carbons (Fsp3) is 0.455. The number of piperidine rings is 1. The van der Waals surface area contributed by atoms with Crippen LogP contribution in [0.25, 0.3) is 0 Å². The lowest BCUT2D eigenvalue weighted by Gasteiger charge is -2.30. The van der Waals surface area contributed by atoms with Gasteiger partial charge in [0, 0.05) is 25.5 Å². The molecule has 1 aliphatic rings. The van der Waals surface area contributed by atoms with E-state index in [1.54, 1.807) is 12.4 Å². The van der Waals surface area contributed by atoms with E-state index in [9.17, 15) is 0 Å². The van der Waals surface area contributed by atoms with Gasteiger partial charge in [-0.2, -0.15) is 0 Å². The zero-order valence-corrected chi connectivity index (χ0v) is 8.26. The third-order valence-corrected chi connectivity index (χ3v) is 2.63. The molecule has 0 amide bonds. The summed E-state index contributed by atoms with van der Waals surface area (Å²) in [5, 5.41) is 0. The molecule has 1 aromatic heterocycles. The average molecular weight is 189 g/mol. The van der Waals surface area contributed by atoms with Crippen molar-refractivity contribution in [2.75, 3.05) is 18.0 Å². The molecule has 0 radical (unpaired) electrons. The van der Waals surface area contributed by atoms with Crippen molar-refractivity contribution in [1.82, 2.24) is 9.97 Å². The molecule has 1 aliphatic heterocycles. The van der Waals surface area contributed by atoms with Crippen LogP contribution in [-0.4, -0.2) is 23.1 Å². The highest BCUT2D eigenvalue weighted by atomic mass is 15.2. The van der Waals surface area contributed by atoms with Gasteiger partial charge in [0.1, 0.15) is 0 Å². The predicted molar refractivity (Wildman–Crippen MR) is 57.2 cm³/mol. The van der Waals surface area contributed by atoms with Crippen molar-refractivity contribution in [1.29, 1.82) is 0 Å². The lowest BCUT2D eigenvalue weighted by Crippen LogP contribution is -2.35. The van der Waals surface area contributed by atoms with Gasteiger partial charge < -0.3 is 4.90 Å². The Hall–Kier alpha value is -1.38. The van der Waals surface area contributed by atoms with E-state index < -0.39 is 0 Å². The second-order valence-corrected chi connectivity index (χ2v) is 3.63. The molecular weight excluding hydrogens is 174 g/mol. The molecule has 3 nitrogen and oxygen atoms in total. The van der Waals surface area contributed by atoms with Crippen molar-refractivity contribution < 1.29 is 0 Å². The minimum Gasteiger partial charge on any atom is -0.340 e. The van der Waals surface area contributed by atoms with Crippen LogP contribution >= 0.6 is 0 Å². The predicted octanol–water partition coefficient (Wildman–Crippen LogP) is 1.88. The van der Waals surface area contributed by atoms with E-state index in [0.29, 0.717) is 5.92 Å². The van der Waals surface area contributed by atoms with Gasteiger partial charge in [0.25, 0.3) is 0 Å². The molecule has 0 aliphatic carbocycles. The second-order valence-electron chi connectivity index (χ2n) is 3.63. The van der Waals surface area contributed by atoms with Gasteiger partial charge in [-0.05, 0) is 24.8 Å². The topological polar surface area (TPSA) is 29.0 Å². The van der Waals surface area contributed by atoms with Gasteiger partial charge in [-0.3, -0.25) is 0 Å². The van der Waals surface area contributed by atoms with Crippen LogP contribution < -0.4 is 4.90 Å². The Morgan fingerprint density at radius 3 is 2.93 bits per heavy atom. The van der Waals surface area contributed by atoms with Crippen molar-refractivity contribution in [3.8, 4) is 0 Å². The molecule has 1 aromatic rings. The molecule has 3 heteroatoms. The summed E-state index contributed by atoms with van der Waals surface area (Å²) in [6.07, 6.45) is 8.07. The fourth-order valence-corrected chi connectivity index (χ4v) is 1.84. The van der Waals surface area contributed by atoms with E-state index in [1.807, 2.05) is 12.1 Å². The Balaban J connectivity index is 2.08. The number of hydrogen-bond donors (Lipinski definition) is 0. The second kappa shape index (κ2) is 4.22. The molecule has 0 saturated carbocycles. The molecule has 14 heavy (non-hydrogen) atoms. The molecule has 1 saturated heterocycles. The first-order valence-electron chi connectivity index (χ1n) is 5.04. The Kier molecular flexibility index (Phi) is 2.77. The first kappa shape index (κ1) is 9.19. The smallest absolute Gasteiger partial charge is 0.225 e.